The maximum Gasteiger partial charge on any atom is 0.335 e. The van der Waals surface area contributed by atoms with Crippen molar-refractivity contribution in [3.63, 3.8) is 0 Å². The van der Waals surface area contributed by atoms with E-state index in [-0.39, 0.29) is 18.0 Å². The zero-order valence-electron chi connectivity index (χ0n) is 18.8. The van der Waals surface area contributed by atoms with E-state index in [0.717, 1.165) is 15.4 Å². The van der Waals surface area contributed by atoms with Crippen LogP contribution in [0.15, 0.2) is 71.6 Å². The summed E-state index contributed by atoms with van der Waals surface area (Å²) in [6, 6.07) is 13.4. The van der Waals surface area contributed by atoms with Crippen molar-refractivity contribution in [2.75, 3.05) is 6.61 Å². The topological polar surface area (TPSA) is 84.0 Å². The van der Waals surface area contributed by atoms with Crippen LogP contribution in [0.25, 0.3) is 0 Å². The maximum absolute atomic E-state index is 13.8. The van der Waals surface area contributed by atoms with Gasteiger partial charge in [0.25, 0.3) is 10.0 Å². The Morgan fingerprint density at radius 1 is 1.09 bits per heavy atom. The molecule has 0 unspecified atom stereocenters. The standard InChI is InChI=1S/C25H28N2O5S/c1-3-32-24(28)23-21-11-7-8-12-22(21)27(33(30,31)20-15-13-18(2)14-16-20)25(29)26(23)17-19-9-5-4-6-10-19/h4-6,8-10,12-16,21-23H,3,7,11,17H2,1-2H3/t21-,22+,23-/m1/s1. The van der Waals surface area contributed by atoms with Gasteiger partial charge in [0.2, 0.25) is 0 Å². The summed E-state index contributed by atoms with van der Waals surface area (Å²) in [4.78, 5) is 28.3. The van der Waals surface area contributed by atoms with E-state index in [1.807, 2.05) is 43.3 Å². The molecule has 174 valence electrons. The molecule has 0 spiro atoms. The molecule has 1 heterocycles. The van der Waals surface area contributed by atoms with Gasteiger partial charge in [0.1, 0.15) is 6.04 Å². The number of allylic oxidation sites excluding steroid dienone is 1. The predicted molar refractivity (Wildman–Crippen MR) is 124 cm³/mol. The second-order valence-electron chi connectivity index (χ2n) is 8.37. The Morgan fingerprint density at radius 3 is 2.45 bits per heavy atom. The van der Waals surface area contributed by atoms with Crippen molar-refractivity contribution >= 4 is 22.0 Å². The number of nitrogens with zero attached hydrogens (tertiary/aromatic N) is 2. The van der Waals surface area contributed by atoms with Crippen molar-refractivity contribution in [3.05, 3.63) is 77.9 Å². The molecule has 0 saturated carbocycles. The van der Waals surface area contributed by atoms with Gasteiger partial charge in [0.15, 0.2) is 0 Å². The van der Waals surface area contributed by atoms with Crippen molar-refractivity contribution in [3.8, 4) is 0 Å². The van der Waals surface area contributed by atoms with E-state index < -0.39 is 40.0 Å². The zero-order valence-corrected chi connectivity index (χ0v) is 19.6. The van der Waals surface area contributed by atoms with Gasteiger partial charge in [-0.05, 0) is 44.4 Å². The molecule has 2 amide bonds. The number of fused-ring (bicyclic) bond motifs is 1. The normalized spacial score (nSPS) is 22.7. The summed E-state index contributed by atoms with van der Waals surface area (Å²) >= 11 is 0. The van der Waals surface area contributed by atoms with E-state index >= 15 is 0 Å². The fourth-order valence-corrected chi connectivity index (χ4v) is 6.17. The molecule has 0 N–H and O–H groups in total. The monoisotopic (exact) mass is 468 g/mol. The molecule has 33 heavy (non-hydrogen) atoms. The van der Waals surface area contributed by atoms with Crippen LogP contribution in [0.3, 0.4) is 0 Å². The number of rotatable bonds is 6. The van der Waals surface area contributed by atoms with Gasteiger partial charge >= 0.3 is 12.0 Å². The van der Waals surface area contributed by atoms with E-state index in [2.05, 4.69) is 0 Å². The van der Waals surface area contributed by atoms with Crippen LogP contribution in [-0.2, 0) is 26.1 Å². The number of esters is 1. The Hall–Kier alpha value is -3.13. The van der Waals surface area contributed by atoms with Crippen molar-refractivity contribution in [1.29, 1.82) is 0 Å². The van der Waals surface area contributed by atoms with Crippen LogP contribution >= 0.6 is 0 Å². The van der Waals surface area contributed by atoms with Crippen LogP contribution in [0, 0.1) is 12.8 Å². The lowest BCUT2D eigenvalue weighted by Gasteiger charge is -2.49. The van der Waals surface area contributed by atoms with E-state index in [1.165, 1.54) is 17.0 Å². The average molecular weight is 469 g/mol. The fourth-order valence-electron chi connectivity index (χ4n) is 4.60. The zero-order chi connectivity index (χ0) is 23.6. The van der Waals surface area contributed by atoms with Gasteiger partial charge in [-0.25, -0.2) is 22.3 Å². The summed E-state index contributed by atoms with van der Waals surface area (Å²) in [5.74, 6) is -0.907. The Labute approximate surface area is 194 Å². The Balaban J connectivity index is 1.81. The molecular weight excluding hydrogens is 440 g/mol. The summed E-state index contributed by atoms with van der Waals surface area (Å²) in [5.41, 5.74) is 1.72. The van der Waals surface area contributed by atoms with Crippen molar-refractivity contribution in [2.24, 2.45) is 5.92 Å². The molecule has 1 aliphatic heterocycles. The maximum atomic E-state index is 13.8. The molecule has 0 bridgehead atoms. The minimum absolute atomic E-state index is 0.0495. The molecule has 4 rings (SSSR count). The van der Waals surface area contributed by atoms with Gasteiger partial charge in [0, 0.05) is 12.5 Å². The largest absolute Gasteiger partial charge is 0.464 e. The smallest absolute Gasteiger partial charge is 0.335 e. The quantitative estimate of drug-likeness (QED) is 0.474. The number of hydrogen-bond acceptors (Lipinski definition) is 5. The Bertz CT molecular complexity index is 1150. The third kappa shape index (κ3) is 4.39. The van der Waals surface area contributed by atoms with Crippen LogP contribution in [0.4, 0.5) is 4.79 Å². The fraction of sp³-hybridized carbons (Fsp3) is 0.360. The second kappa shape index (κ2) is 9.39. The van der Waals surface area contributed by atoms with Gasteiger partial charge in [-0.3, -0.25) is 0 Å². The summed E-state index contributed by atoms with van der Waals surface area (Å²) < 4.78 is 33.7. The first-order valence-corrected chi connectivity index (χ1v) is 12.6. The Morgan fingerprint density at radius 2 is 1.79 bits per heavy atom. The van der Waals surface area contributed by atoms with Gasteiger partial charge < -0.3 is 9.64 Å². The van der Waals surface area contributed by atoms with Crippen molar-refractivity contribution in [1.82, 2.24) is 9.21 Å². The van der Waals surface area contributed by atoms with Gasteiger partial charge in [-0.1, -0.05) is 60.2 Å². The molecule has 8 heteroatoms. The molecule has 3 atom stereocenters. The highest BCUT2D eigenvalue weighted by molar-refractivity contribution is 7.89. The lowest BCUT2D eigenvalue weighted by Crippen LogP contribution is -2.66. The molecule has 2 aromatic carbocycles. The molecule has 2 aromatic rings. The minimum atomic E-state index is -4.15. The number of benzene rings is 2. The van der Waals surface area contributed by atoms with Crippen LogP contribution in [-0.4, -0.2) is 48.3 Å². The summed E-state index contributed by atoms with van der Waals surface area (Å²) in [7, 11) is -4.15. The van der Waals surface area contributed by atoms with Crippen molar-refractivity contribution in [2.45, 2.75) is 50.2 Å². The van der Waals surface area contributed by atoms with Gasteiger partial charge in [-0.15, -0.1) is 0 Å². The van der Waals surface area contributed by atoms with Crippen molar-refractivity contribution < 1.29 is 22.7 Å². The minimum Gasteiger partial charge on any atom is -0.464 e. The highest BCUT2D eigenvalue weighted by Crippen LogP contribution is 2.39. The average Bonchev–Trinajstić information content (AvgIpc) is 2.80. The van der Waals surface area contributed by atoms with E-state index in [4.69, 9.17) is 4.74 Å². The van der Waals surface area contributed by atoms with Crippen LogP contribution in [0.1, 0.15) is 30.9 Å². The molecule has 0 aromatic heterocycles. The van der Waals surface area contributed by atoms with E-state index in [9.17, 15) is 18.0 Å². The molecule has 1 fully saturated rings. The lowest BCUT2D eigenvalue weighted by molar-refractivity contribution is -0.153. The van der Waals surface area contributed by atoms with Gasteiger partial charge in [0.05, 0.1) is 17.5 Å². The lowest BCUT2D eigenvalue weighted by atomic mass is 9.81. The predicted octanol–water partition coefficient (Wildman–Crippen LogP) is 3.89. The van der Waals surface area contributed by atoms with Crippen LogP contribution in [0.2, 0.25) is 0 Å². The molecule has 0 radical (unpaired) electrons. The highest BCUT2D eigenvalue weighted by Gasteiger charge is 2.53. The number of hydrogen-bond donors (Lipinski definition) is 0. The van der Waals surface area contributed by atoms with E-state index in [0.29, 0.717) is 12.8 Å². The van der Waals surface area contributed by atoms with Crippen LogP contribution < -0.4 is 0 Å². The number of sulfonamides is 1. The summed E-state index contributed by atoms with van der Waals surface area (Å²) in [6.45, 7) is 3.88. The number of aryl methyl sites for hydroxylation is 1. The van der Waals surface area contributed by atoms with Gasteiger partial charge in [-0.2, -0.15) is 0 Å². The third-order valence-electron chi connectivity index (χ3n) is 6.19. The highest BCUT2D eigenvalue weighted by atomic mass is 32.2. The first-order chi connectivity index (χ1) is 15.8. The Kier molecular flexibility index (Phi) is 6.56. The molecular formula is C25H28N2O5S. The summed E-state index contributed by atoms with van der Waals surface area (Å²) in [6.07, 6.45) is 4.89. The number of amides is 2. The molecule has 7 nitrogen and oxygen atoms in total. The SMILES string of the molecule is CCOC(=O)[C@H]1[C@@H]2CCC=C[C@@H]2N(S(=O)(=O)c2ccc(C)cc2)C(=O)N1Cc1ccccc1. The first-order valence-electron chi connectivity index (χ1n) is 11.1. The van der Waals surface area contributed by atoms with Crippen LogP contribution in [0.5, 0.6) is 0 Å². The third-order valence-corrected chi connectivity index (χ3v) is 7.97. The second-order valence-corrected chi connectivity index (χ2v) is 10.2. The number of carbonyl (C=O) groups is 2. The molecule has 2 aliphatic rings. The molecule has 1 saturated heterocycles. The summed E-state index contributed by atoms with van der Waals surface area (Å²) in [5, 5.41) is 0. The van der Waals surface area contributed by atoms with E-state index in [1.54, 1.807) is 25.1 Å². The number of carbonyl (C=O) groups excluding carboxylic acids is 2. The number of urea groups is 1. The first kappa shape index (κ1) is 23.0. The molecule has 1 aliphatic carbocycles. The number of ether oxygens (including phenoxy) is 1.